The summed E-state index contributed by atoms with van der Waals surface area (Å²) < 4.78 is 31.1. The van der Waals surface area contributed by atoms with Gasteiger partial charge in [0.15, 0.2) is 5.78 Å². The Morgan fingerprint density at radius 3 is 2.24 bits per heavy atom. The average Bonchev–Trinajstić information content (AvgIpc) is 2.48. The highest BCUT2D eigenvalue weighted by atomic mass is 32.2. The first-order valence-corrected chi connectivity index (χ1v) is 9.65. The molecule has 0 bridgehead atoms. The van der Waals surface area contributed by atoms with Crippen molar-refractivity contribution in [1.82, 2.24) is 4.31 Å². The minimum absolute atomic E-state index is 0.00890. The van der Waals surface area contributed by atoms with E-state index < -0.39 is 10.0 Å². The standard InChI is InChI=1S/C13H25NO4S.C2H6/c1-3-4-5-10-19(16,17)14-8-6-13(7-9-14)18-11-12(2)15;1-2/h13H,3-11H2,1-2H3;1-2H3. The second-order valence-electron chi connectivity index (χ2n) is 5.13. The first kappa shape index (κ1) is 20.5. The molecule has 1 saturated heterocycles. The predicted octanol–water partition coefficient (Wildman–Crippen LogP) is 2.60. The molecule has 0 radical (unpaired) electrons. The van der Waals surface area contributed by atoms with Crippen LogP contribution < -0.4 is 0 Å². The fraction of sp³-hybridized carbons (Fsp3) is 0.933. The van der Waals surface area contributed by atoms with E-state index in [2.05, 4.69) is 6.92 Å². The van der Waals surface area contributed by atoms with Gasteiger partial charge in [0.1, 0.15) is 6.61 Å². The van der Waals surface area contributed by atoms with Crippen LogP contribution in [-0.4, -0.2) is 50.1 Å². The zero-order valence-electron chi connectivity index (χ0n) is 13.9. The molecule has 21 heavy (non-hydrogen) atoms. The van der Waals surface area contributed by atoms with Crippen LogP contribution in [0.4, 0.5) is 0 Å². The van der Waals surface area contributed by atoms with Crippen molar-refractivity contribution in [3.05, 3.63) is 0 Å². The molecule has 126 valence electrons. The summed E-state index contributed by atoms with van der Waals surface area (Å²) in [5, 5.41) is 0. The molecule has 1 fully saturated rings. The molecule has 0 saturated carbocycles. The number of rotatable bonds is 8. The average molecular weight is 321 g/mol. The van der Waals surface area contributed by atoms with Crippen molar-refractivity contribution < 1.29 is 17.9 Å². The van der Waals surface area contributed by atoms with Crippen LogP contribution in [0.3, 0.4) is 0 Å². The summed E-state index contributed by atoms with van der Waals surface area (Å²) in [6, 6.07) is 0. The highest BCUT2D eigenvalue weighted by molar-refractivity contribution is 7.89. The SMILES string of the molecule is CC.CCCCCS(=O)(=O)N1CCC(OCC(C)=O)CC1. The molecular formula is C15H31NO4S. The quantitative estimate of drug-likeness (QED) is 0.645. The smallest absolute Gasteiger partial charge is 0.214 e. The number of sulfonamides is 1. The molecule has 0 amide bonds. The van der Waals surface area contributed by atoms with E-state index in [0.29, 0.717) is 25.9 Å². The Hall–Kier alpha value is -0.460. The van der Waals surface area contributed by atoms with Crippen molar-refractivity contribution in [2.24, 2.45) is 0 Å². The maximum Gasteiger partial charge on any atom is 0.214 e. The molecular weight excluding hydrogens is 290 g/mol. The molecule has 1 rings (SSSR count). The zero-order chi connectivity index (χ0) is 16.3. The monoisotopic (exact) mass is 321 g/mol. The first-order chi connectivity index (χ1) is 9.95. The molecule has 0 aromatic rings. The Balaban J connectivity index is 0.00000191. The summed E-state index contributed by atoms with van der Waals surface area (Å²) in [6.07, 6.45) is 4.10. The Morgan fingerprint density at radius 2 is 1.76 bits per heavy atom. The Kier molecular flexibility index (Phi) is 10.9. The number of hydrogen-bond donors (Lipinski definition) is 0. The molecule has 5 nitrogen and oxygen atoms in total. The van der Waals surface area contributed by atoms with Gasteiger partial charge in [0, 0.05) is 13.1 Å². The fourth-order valence-corrected chi connectivity index (χ4v) is 3.77. The van der Waals surface area contributed by atoms with Crippen LogP contribution in [0.25, 0.3) is 0 Å². The van der Waals surface area contributed by atoms with Crippen LogP contribution in [0.1, 0.15) is 59.8 Å². The number of ether oxygens (including phenoxy) is 1. The van der Waals surface area contributed by atoms with E-state index in [4.69, 9.17) is 4.74 Å². The number of unbranched alkanes of at least 4 members (excludes halogenated alkanes) is 2. The summed E-state index contributed by atoms with van der Waals surface area (Å²) >= 11 is 0. The van der Waals surface area contributed by atoms with E-state index in [0.717, 1.165) is 19.3 Å². The van der Waals surface area contributed by atoms with Crippen molar-refractivity contribution in [3.63, 3.8) is 0 Å². The fourth-order valence-electron chi connectivity index (χ4n) is 2.18. The van der Waals surface area contributed by atoms with E-state index >= 15 is 0 Å². The number of piperidine rings is 1. The molecule has 0 aromatic carbocycles. The zero-order valence-corrected chi connectivity index (χ0v) is 14.7. The lowest BCUT2D eigenvalue weighted by Gasteiger charge is -2.31. The van der Waals surface area contributed by atoms with E-state index in [-0.39, 0.29) is 24.2 Å². The van der Waals surface area contributed by atoms with E-state index in [1.165, 1.54) is 6.92 Å². The summed E-state index contributed by atoms with van der Waals surface area (Å²) in [5.74, 6) is 0.259. The van der Waals surface area contributed by atoms with Gasteiger partial charge in [-0.15, -0.1) is 0 Å². The first-order valence-electron chi connectivity index (χ1n) is 8.04. The third-order valence-electron chi connectivity index (χ3n) is 3.32. The van der Waals surface area contributed by atoms with Gasteiger partial charge in [0.2, 0.25) is 10.0 Å². The molecule has 0 aromatic heterocycles. The highest BCUT2D eigenvalue weighted by Crippen LogP contribution is 2.17. The maximum atomic E-state index is 12.1. The summed E-state index contributed by atoms with van der Waals surface area (Å²) in [7, 11) is -3.10. The third kappa shape index (κ3) is 8.53. The number of ketones is 1. The Morgan fingerprint density at radius 1 is 1.19 bits per heavy atom. The van der Waals surface area contributed by atoms with Crippen LogP contribution in [0.5, 0.6) is 0 Å². The predicted molar refractivity (Wildman–Crippen MR) is 85.9 cm³/mol. The third-order valence-corrected chi connectivity index (χ3v) is 5.28. The van der Waals surface area contributed by atoms with Gasteiger partial charge in [-0.2, -0.15) is 0 Å². The van der Waals surface area contributed by atoms with Crippen molar-refractivity contribution in [2.75, 3.05) is 25.4 Å². The van der Waals surface area contributed by atoms with E-state index in [1.54, 1.807) is 4.31 Å². The van der Waals surface area contributed by atoms with Crippen molar-refractivity contribution in [1.29, 1.82) is 0 Å². The van der Waals surface area contributed by atoms with Gasteiger partial charge in [-0.25, -0.2) is 12.7 Å². The molecule has 0 atom stereocenters. The molecule has 0 spiro atoms. The molecule has 1 aliphatic rings. The van der Waals surface area contributed by atoms with E-state index in [9.17, 15) is 13.2 Å². The van der Waals surface area contributed by atoms with Gasteiger partial charge in [-0.1, -0.05) is 33.6 Å². The summed E-state index contributed by atoms with van der Waals surface area (Å²) in [6.45, 7) is 8.71. The lowest BCUT2D eigenvalue weighted by molar-refractivity contribution is -0.124. The number of carbonyl (C=O) groups excluding carboxylic acids is 1. The van der Waals surface area contributed by atoms with Gasteiger partial charge in [0.05, 0.1) is 11.9 Å². The maximum absolute atomic E-state index is 12.1. The highest BCUT2D eigenvalue weighted by Gasteiger charge is 2.27. The van der Waals surface area contributed by atoms with Gasteiger partial charge in [-0.3, -0.25) is 4.79 Å². The van der Waals surface area contributed by atoms with Crippen LogP contribution in [0.2, 0.25) is 0 Å². The van der Waals surface area contributed by atoms with Gasteiger partial charge in [-0.05, 0) is 26.2 Å². The summed E-state index contributed by atoms with van der Waals surface area (Å²) in [5.41, 5.74) is 0. The number of carbonyl (C=O) groups is 1. The molecule has 0 unspecified atom stereocenters. The number of hydrogen-bond acceptors (Lipinski definition) is 4. The molecule has 1 aliphatic heterocycles. The topological polar surface area (TPSA) is 63.7 Å². The minimum atomic E-state index is -3.10. The second-order valence-corrected chi connectivity index (χ2v) is 7.22. The minimum Gasteiger partial charge on any atom is -0.370 e. The second kappa shape index (κ2) is 11.2. The summed E-state index contributed by atoms with van der Waals surface area (Å²) in [4.78, 5) is 10.8. The van der Waals surface area contributed by atoms with Crippen LogP contribution in [-0.2, 0) is 19.6 Å². The van der Waals surface area contributed by atoms with Crippen LogP contribution in [0.15, 0.2) is 0 Å². The van der Waals surface area contributed by atoms with Crippen LogP contribution >= 0.6 is 0 Å². The lowest BCUT2D eigenvalue weighted by atomic mass is 10.1. The molecule has 1 heterocycles. The Labute approximate surface area is 130 Å². The normalized spacial score (nSPS) is 17.1. The number of nitrogens with zero attached hydrogens (tertiary/aromatic N) is 1. The van der Waals surface area contributed by atoms with Crippen molar-refractivity contribution >= 4 is 15.8 Å². The van der Waals surface area contributed by atoms with E-state index in [1.807, 2.05) is 13.8 Å². The van der Waals surface area contributed by atoms with Crippen molar-refractivity contribution in [2.45, 2.75) is 65.9 Å². The van der Waals surface area contributed by atoms with Gasteiger partial charge >= 0.3 is 0 Å². The Bertz CT molecular complexity index is 373. The molecule has 0 aliphatic carbocycles. The van der Waals surface area contributed by atoms with Gasteiger partial charge in [0.25, 0.3) is 0 Å². The molecule has 0 N–H and O–H groups in total. The number of Topliss-reactive ketones (excluding diaryl/α,β-unsaturated/α-hetero) is 1. The largest absolute Gasteiger partial charge is 0.370 e. The van der Waals surface area contributed by atoms with Crippen molar-refractivity contribution in [3.8, 4) is 0 Å². The lowest BCUT2D eigenvalue weighted by Crippen LogP contribution is -2.42. The van der Waals surface area contributed by atoms with Gasteiger partial charge < -0.3 is 4.74 Å². The molecule has 6 heteroatoms. The van der Waals surface area contributed by atoms with Crippen LogP contribution in [0, 0.1) is 0 Å².